The molecule has 2 heterocycles. The maximum atomic E-state index is 12.2. The predicted octanol–water partition coefficient (Wildman–Crippen LogP) is 3.70. The standard InChI is InChI=1S/C17H16ClN3O3/c1-10-14(15(18)21(3)20-10)17(22)23-9-13-11(2)24-16(19-13)12-7-5-4-6-8-12/h4-8H,9H2,1-3H3. The molecule has 6 nitrogen and oxygen atoms in total. The van der Waals surface area contributed by atoms with Gasteiger partial charge < -0.3 is 9.15 Å². The molecule has 0 aliphatic rings. The van der Waals surface area contributed by atoms with Crippen LogP contribution in [0.4, 0.5) is 0 Å². The van der Waals surface area contributed by atoms with E-state index in [4.69, 9.17) is 20.8 Å². The van der Waals surface area contributed by atoms with Crippen molar-refractivity contribution in [1.82, 2.24) is 14.8 Å². The number of carbonyl (C=O) groups is 1. The van der Waals surface area contributed by atoms with Gasteiger partial charge in [0.2, 0.25) is 5.89 Å². The highest BCUT2D eigenvalue weighted by Crippen LogP contribution is 2.23. The van der Waals surface area contributed by atoms with Gasteiger partial charge in [-0.1, -0.05) is 29.8 Å². The molecule has 0 unspecified atom stereocenters. The third-order valence-corrected chi connectivity index (χ3v) is 4.04. The second-order valence-electron chi connectivity index (χ2n) is 5.34. The van der Waals surface area contributed by atoms with Crippen LogP contribution in [0, 0.1) is 13.8 Å². The first kappa shape index (κ1) is 16.3. The molecule has 7 heteroatoms. The van der Waals surface area contributed by atoms with Gasteiger partial charge in [-0.15, -0.1) is 0 Å². The first-order chi connectivity index (χ1) is 11.5. The Hall–Kier alpha value is -2.60. The molecule has 3 rings (SSSR count). The predicted molar refractivity (Wildman–Crippen MR) is 88.8 cm³/mol. The van der Waals surface area contributed by atoms with Gasteiger partial charge in [-0.2, -0.15) is 5.10 Å². The zero-order chi connectivity index (χ0) is 17.3. The van der Waals surface area contributed by atoms with Crippen LogP contribution in [0.25, 0.3) is 11.5 Å². The second-order valence-corrected chi connectivity index (χ2v) is 5.70. The van der Waals surface area contributed by atoms with Gasteiger partial charge in [-0.25, -0.2) is 9.78 Å². The normalized spacial score (nSPS) is 10.8. The van der Waals surface area contributed by atoms with Gasteiger partial charge in [-0.3, -0.25) is 4.68 Å². The maximum absolute atomic E-state index is 12.2. The van der Waals surface area contributed by atoms with Crippen LogP contribution in [0.2, 0.25) is 5.15 Å². The van der Waals surface area contributed by atoms with E-state index in [1.54, 1.807) is 20.9 Å². The number of nitrogens with zero attached hydrogens (tertiary/aromatic N) is 3. The number of halogens is 1. The van der Waals surface area contributed by atoms with E-state index in [0.717, 1.165) is 5.56 Å². The van der Waals surface area contributed by atoms with Crippen LogP contribution in [0.15, 0.2) is 34.7 Å². The van der Waals surface area contributed by atoms with E-state index in [1.165, 1.54) is 4.68 Å². The van der Waals surface area contributed by atoms with Gasteiger partial charge in [0.25, 0.3) is 0 Å². The van der Waals surface area contributed by atoms with Crippen LogP contribution >= 0.6 is 11.6 Å². The fourth-order valence-electron chi connectivity index (χ4n) is 2.33. The zero-order valence-electron chi connectivity index (χ0n) is 13.5. The summed E-state index contributed by atoms with van der Waals surface area (Å²) in [6.45, 7) is 3.49. The van der Waals surface area contributed by atoms with Crippen molar-refractivity contribution in [3.63, 3.8) is 0 Å². The monoisotopic (exact) mass is 345 g/mol. The number of aromatic nitrogens is 3. The summed E-state index contributed by atoms with van der Waals surface area (Å²) in [5.41, 5.74) is 2.22. The molecule has 124 valence electrons. The van der Waals surface area contributed by atoms with Gasteiger partial charge >= 0.3 is 5.97 Å². The number of benzene rings is 1. The molecule has 3 aromatic rings. The van der Waals surface area contributed by atoms with Gasteiger partial charge in [0, 0.05) is 12.6 Å². The Bertz CT molecular complexity index is 884. The Morgan fingerprint density at radius 3 is 2.62 bits per heavy atom. The molecule has 2 aromatic heterocycles. The minimum atomic E-state index is -0.533. The lowest BCUT2D eigenvalue weighted by atomic mass is 10.2. The fraction of sp³-hybridized carbons (Fsp3) is 0.235. The Morgan fingerprint density at radius 2 is 2.00 bits per heavy atom. The Balaban J connectivity index is 1.75. The Morgan fingerprint density at radius 1 is 1.29 bits per heavy atom. The van der Waals surface area contributed by atoms with E-state index in [-0.39, 0.29) is 17.3 Å². The molecule has 1 aromatic carbocycles. The van der Waals surface area contributed by atoms with E-state index in [9.17, 15) is 4.79 Å². The van der Waals surface area contributed by atoms with Crippen LogP contribution in [0.3, 0.4) is 0 Å². The van der Waals surface area contributed by atoms with Gasteiger partial charge in [-0.05, 0) is 26.0 Å². The highest BCUT2D eigenvalue weighted by atomic mass is 35.5. The quantitative estimate of drug-likeness (QED) is 0.674. The van der Waals surface area contributed by atoms with Crippen LogP contribution in [0.1, 0.15) is 27.5 Å². The lowest BCUT2D eigenvalue weighted by Crippen LogP contribution is -2.07. The van der Waals surface area contributed by atoms with Crippen molar-refractivity contribution in [2.24, 2.45) is 7.05 Å². The average molecular weight is 346 g/mol. The summed E-state index contributed by atoms with van der Waals surface area (Å²) in [7, 11) is 1.67. The molecular formula is C17H16ClN3O3. The van der Waals surface area contributed by atoms with Crippen molar-refractivity contribution >= 4 is 17.6 Å². The number of hydrogen-bond acceptors (Lipinski definition) is 5. The number of aryl methyl sites for hydroxylation is 3. The number of ether oxygens (including phenoxy) is 1. The molecule has 0 amide bonds. The summed E-state index contributed by atoms with van der Waals surface area (Å²) >= 11 is 6.07. The molecule has 0 N–H and O–H groups in total. The van der Waals surface area contributed by atoms with Crippen molar-refractivity contribution < 1.29 is 13.9 Å². The van der Waals surface area contributed by atoms with Crippen LogP contribution in [0.5, 0.6) is 0 Å². The van der Waals surface area contributed by atoms with Crippen molar-refractivity contribution in [2.45, 2.75) is 20.5 Å². The molecule has 0 saturated carbocycles. The zero-order valence-corrected chi connectivity index (χ0v) is 14.3. The summed E-state index contributed by atoms with van der Waals surface area (Å²) < 4.78 is 12.4. The van der Waals surface area contributed by atoms with E-state index < -0.39 is 5.97 Å². The maximum Gasteiger partial charge on any atom is 0.343 e. The third-order valence-electron chi connectivity index (χ3n) is 3.61. The Kier molecular flexibility index (Phi) is 4.40. The summed E-state index contributed by atoms with van der Waals surface area (Å²) in [5.74, 6) is 0.569. The van der Waals surface area contributed by atoms with E-state index in [0.29, 0.717) is 23.0 Å². The van der Waals surface area contributed by atoms with Crippen molar-refractivity contribution in [3.05, 3.63) is 58.2 Å². The lowest BCUT2D eigenvalue weighted by molar-refractivity contribution is 0.0466. The van der Waals surface area contributed by atoms with E-state index in [2.05, 4.69) is 10.1 Å². The average Bonchev–Trinajstić information content (AvgIpc) is 3.06. The molecule has 0 aliphatic heterocycles. The van der Waals surface area contributed by atoms with E-state index >= 15 is 0 Å². The molecule has 0 saturated heterocycles. The molecular weight excluding hydrogens is 330 g/mol. The Labute approximate surface area is 144 Å². The lowest BCUT2D eigenvalue weighted by Gasteiger charge is -2.02. The van der Waals surface area contributed by atoms with Crippen molar-refractivity contribution in [2.75, 3.05) is 0 Å². The molecule has 0 atom stereocenters. The fourth-order valence-corrected chi connectivity index (χ4v) is 2.59. The second kappa shape index (κ2) is 6.49. The minimum absolute atomic E-state index is 0.00562. The number of oxazole rings is 1. The summed E-state index contributed by atoms with van der Waals surface area (Å²) in [6.07, 6.45) is 0. The first-order valence-electron chi connectivity index (χ1n) is 7.35. The number of rotatable bonds is 4. The van der Waals surface area contributed by atoms with E-state index in [1.807, 2.05) is 30.3 Å². The van der Waals surface area contributed by atoms with Crippen molar-refractivity contribution in [3.8, 4) is 11.5 Å². The summed E-state index contributed by atoms with van der Waals surface area (Å²) in [6, 6.07) is 9.53. The number of carbonyl (C=O) groups excluding carboxylic acids is 1. The molecule has 0 bridgehead atoms. The van der Waals surface area contributed by atoms with Gasteiger partial charge in [0.1, 0.15) is 28.8 Å². The number of hydrogen-bond donors (Lipinski definition) is 0. The molecule has 0 radical (unpaired) electrons. The van der Waals surface area contributed by atoms with Crippen LogP contribution in [-0.2, 0) is 18.4 Å². The highest BCUT2D eigenvalue weighted by Gasteiger charge is 2.21. The third kappa shape index (κ3) is 3.05. The molecule has 0 spiro atoms. The van der Waals surface area contributed by atoms with Crippen molar-refractivity contribution in [1.29, 1.82) is 0 Å². The largest absolute Gasteiger partial charge is 0.455 e. The minimum Gasteiger partial charge on any atom is -0.455 e. The van der Waals surface area contributed by atoms with Gasteiger partial charge in [0.05, 0.1) is 5.69 Å². The molecule has 0 fully saturated rings. The van der Waals surface area contributed by atoms with Crippen LogP contribution < -0.4 is 0 Å². The summed E-state index contributed by atoms with van der Waals surface area (Å²) in [5, 5.41) is 4.35. The molecule has 0 aliphatic carbocycles. The molecule has 24 heavy (non-hydrogen) atoms. The highest BCUT2D eigenvalue weighted by molar-refractivity contribution is 6.32. The summed E-state index contributed by atoms with van der Waals surface area (Å²) in [4.78, 5) is 16.6. The SMILES string of the molecule is Cc1nn(C)c(Cl)c1C(=O)OCc1nc(-c2ccccc2)oc1C. The number of esters is 1. The topological polar surface area (TPSA) is 70.2 Å². The first-order valence-corrected chi connectivity index (χ1v) is 7.73. The van der Waals surface area contributed by atoms with Gasteiger partial charge in [0.15, 0.2) is 0 Å². The smallest absolute Gasteiger partial charge is 0.343 e. The van der Waals surface area contributed by atoms with Crippen LogP contribution in [-0.4, -0.2) is 20.7 Å².